The van der Waals surface area contributed by atoms with E-state index in [2.05, 4.69) is 24.0 Å². The lowest BCUT2D eigenvalue weighted by Crippen LogP contribution is -2.33. The second-order valence-electron chi connectivity index (χ2n) is 6.11. The molecule has 0 aliphatic carbocycles. The highest BCUT2D eigenvalue weighted by Gasteiger charge is 2.19. The monoisotopic (exact) mass is 276 g/mol. The molecule has 1 saturated heterocycles. The van der Waals surface area contributed by atoms with E-state index in [9.17, 15) is 0 Å². The lowest BCUT2D eigenvalue weighted by Gasteiger charge is -2.34. The van der Waals surface area contributed by atoms with Gasteiger partial charge in [0, 0.05) is 24.8 Å². The largest absolute Gasteiger partial charge is 0.489 e. The normalized spacial score (nSPS) is 16.7. The van der Waals surface area contributed by atoms with Crippen LogP contribution in [-0.2, 0) is 0 Å². The summed E-state index contributed by atoms with van der Waals surface area (Å²) in [5.74, 6) is 1.73. The van der Waals surface area contributed by atoms with Crippen molar-refractivity contribution in [1.82, 2.24) is 0 Å². The van der Waals surface area contributed by atoms with Gasteiger partial charge in [0.05, 0.1) is 11.8 Å². The minimum absolute atomic E-state index is 0.155. The average molecular weight is 276 g/mol. The van der Waals surface area contributed by atoms with Crippen LogP contribution in [0.4, 0.5) is 11.4 Å². The quantitative estimate of drug-likeness (QED) is 0.824. The van der Waals surface area contributed by atoms with Crippen molar-refractivity contribution < 1.29 is 4.74 Å². The molecule has 0 bridgehead atoms. The van der Waals surface area contributed by atoms with Crippen molar-refractivity contribution in [2.24, 2.45) is 5.92 Å². The van der Waals surface area contributed by atoms with Crippen LogP contribution in [-0.4, -0.2) is 19.2 Å². The number of hydrogen-bond acceptors (Lipinski definition) is 3. The Morgan fingerprint density at radius 3 is 2.60 bits per heavy atom. The Bertz CT molecular complexity index is 423. The van der Waals surface area contributed by atoms with Crippen LogP contribution in [0.1, 0.15) is 46.5 Å². The van der Waals surface area contributed by atoms with Crippen LogP contribution in [0.3, 0.4) is 0 Å². The Labute approximate surface area is 123 Å². The molecule has 1 heterocycles. The third-order valence-electron chi connectivity index (χ3n) is 4.04. The summed E-state index contributed by atoms with van der Waals surface area (Å²) in [6, 6.07) is 6.17. The molecule has 3 nitrogen and oxygen atoms in total. The van der Waals surface area contributed by atoms with Crippen LogP contribution in [0.2, 0.25) is 0 Å². The van der Waals surface area contributed by atoms with Crippen LogP contribution >= 0.6 is 0 Å². The van der Waals surface area contributed by atoms with E-state index in [1.165, 1.54) is 31.4 Å². The lowest BCUT2D eigenvalue weighted by molar-refractivity contribution is 0.244. The topological polar surface area (TPSA) is 38.5 Å². The standard InChI is InChI=1S/C17H28N2O/c1-4-5-14-8-10-19(11-9-14)15-6-7-16(18)17(12-15)20-13(2)3/h6-7,12-14H,4-5,8-11,18H2,1-3H3. The maximum atomic E-state index is 5.99. The molecule has 0 unspecified atom stereocenters. The van der Waals surface area contributed by atoms with Gasteiger partial charge in [-0.2, -0.15) is 0 Å². The second-order valence-corrected chi connectivity index (χ2v) is 6.11. The van der Waals surface area contributed by atoms with E-state index in [0.29, 0.717) is 0 Å². The van der Waals surface area contributed by atoms with Gasteiger partial charge in [-0.3, -0.25) is 0 Å². The third kappa shape index (κ3) is 3.81. The Morgan fingerprint density at radius 2 is 2.00 bits per heavy atom. The van der Waals surface area contributed by atoms with E-state index >= 15 is 0 Å². The summed E-state index contributed by atoms with van der Waals surface area (Å²) in [7, 11) is 0. The Hall–Kier alpha value is -1.38. The Morgan fingerprint density at radius 1 is 1.30 bits per heavy atom. The van der Waals surface area contributed by atoms with Crippen molar-refractivity contribution in [2.45, 2.75) is 52.6 Å². The number of anilines is 2. The molecule has 0 spiro atoms. The van der Waals surface area contributed by atoms with E-state index in [0.717, 1.165) is 30.4 Å². The summed E-state index contributed by atoms with van der Waals surface area (Å²) >= 11 is 0. The fourth-order valence-electron chi connectivity index (χ4n) is 2.96. The number of ether oxygens (including phenoxy) is 1. The van der Waals surface area contributed by atoms with Crippen molar-refractivity contribution in [1.29, 1.82) is 0 Å². The van der Waals surface area contributed by atoms with E-state index in [-0.39, 0.29) is 6.10 Å². The number of nitrogen functional groups attached to an aromatic ring is 1. The molecule has 2 rings (SSSR count). The lowest BCUT2D eigenvalue weighted by atomic mass is 9.92. The zero-order chi connectivity index (χ0) is 14.5. The minimum atomic E-state index is 0.155. The Balaban J connectivity index is 2.02. The Kier molecular flexibility index (Phi) is 5.16. The number of nitrogens with two attached hydrogens (primary N) is 1. The molecule has 0 radical (unpaired) electrons. The molecule has 3 heteroatoms. The summed E-state index contributed by atoms with van der Waals surface area (Å²) in [4.78, 5) is 2.46. The number of piperidine rings is 1. The van der Waals surface area contributed by atoms with E-state index in [1.807, 2.05) is 19.9 Å². The van der Waals surface area contributed by atoms with Crippen molar-refractivity contribution >= 4 is 11.4 Å². The molecule has 0 atom stereocenters. The van der Waals surface area contributed by atoms with Crippen molar-refractivity contribution in [3.05, 3.63) is 18.2 Å². The van der Waals surface area contributed by atoms with Crippen LogP contribution in [0.25, 0.3) is 0 Å². The highest BCUT2D eigenvalue weighted by molar-refractivity contribution is 5.62. The van der Waals surface area contributed by atoms with Gasteiger partial charge in [-0.15, -0.1) is 0 Å². The summed E-state index contributed by atoms with van der Waals surface area (Å²) < 4.78 is 5.78. The smallest absolute Gasteiger partial charge is 0.144 e. The van der Waals surface area contributed by atoms with Crippen LogP contribution in [0.15, 0.2) is 18.2 Å². The molecule has 2 N–H and O–H groups in total. The SMILES string of the molecule is CCCC1CCN(c2ccc(N)c(OC(C)C)c2)CC1. The molecule has 1 fully saturated rings. The first-order valence-electron chi connectivity index (χ1n) is 7.91. The van der Waals surface area contributed by atoms with Gasteiger partial charge in [0.1, 0.15) is 5.75 Å². The van der Waals surface area contributed by atoms with Gasteiger partial charge in [0.25, 0.3) is 0 Å². The first-order valence-corrected chi connectivity index (χ1v) is 7.91. The summed E-state index contributed by atoms with van der Waals surface area (Å²) in [6.07, 6.45) is 5.44. The van der Waals surface area contributed by atoms with Gasteiger partial charge < -0.3 is 15.4 Å². The maximum absolute atomic E-state index is 5.99. The molecule has 0 aromatic heterocycles. The van der Waals surface area contributed by atoms with E-state index < -0.39 is 0 Å². The molecule has 0 amide bonds. The molecule has 1 aliphatic heterocycles. The van der Waals surface area contributed by atoms with Crippen LogP contribution in [0.5, 0.6) is 5.75 Å². The third-order valence-corrected chi connectivity index (χ3v) is 4.04. The zero-order valence-electron chi connectivity index (χ0n) is 13.1. The van der Waals surface area contributed by atoms with E-state index in [1.54, 1.807) is 0 Å². The molecule has 0 saturated carbocycles. The number of benzene rings is 1. The second kappa shape index (κ2) is 6.87. The highest BCUT2D eigenvalue weighted by atomic mass is 16.5. The first-order chi connectivity index (χ1) is 9.60. The number of hydrogen-bond donors (Lipinski definition) is 1. The molecule has 20 heavy (non-hydrogen) atoms. The summed E-state index contributed by atoms with van der Waals surface area (Å²) in [6.45, 7) is 8.64. The van der Waals surface area contributed by atoms with Crippen molar-refractivity contribution in [3.63, 3.8) is 0 Å². The zero-order valence-corrected chi connectivity index (χ0v) is 13.1. The summed E-state index contributed by atoms with van der Waals surface area (Å²) in [5, 5.41) is 0. The number of nitrogens with zero attached hydrogens (tertiary/aromatic N) is 1. The predicted molar refractivity (Wildman–Crippen MR) is 86.5 cm³/mol. The fraction of sp³-hybridized carbons (Fsp3) is 0.647. The molecular weight excluding hydrogens is 248 g/mol. The summed E-state index contributed by atoms with van der Waals surface area (Å²) in [5.41, 5.74) is 7.95. The molecule has 1 aromatic carbocycles. The molecule has 1 aromatic rings. The van der Waals surface area contributed by atoms with Gasteiger partial charge in [0.15, 0.2) is 0 Å². The predicted octanol–water partition coefficient (Wildman–Crippen LogP) is 4.07. The van der Waals surface area contributed by atoms with Gasteiger partial charge >= 0.3 is 0 Å². The average Bonchev–Trinajstić information content (AvgIpc) is 2.42. The van der Waals surface area contributed by atoms with Gasteiger partial charge in [0.2, 0.25) is 0 Å². The fourth-order valence-corrected chi connectivity index (χ4v) is 2.96. The van der Waals surface area contributed by atoms with Crippen molar-refractivity contribution in [2.75, 3.05) is 23.7 Å². The highest BCUT2D eigenvalue weighted by Crippen LogP contribution is 2.31. The maximum Gasteiger partial charge on any atom is 0.144 e. The van der Waals surface area contributed by atoms with Crippen molar-refractivity contribution in [3.8, 4) is 5.75 Å². The van der Waals surface area contributed by atoms with Gasteiger partial charge in [-0.25, -0.2) is 0 Å². The first kappa shape index (κ1) is 15.0. The van der Waals surface area contributed by atoms with Gasteiger partial charge in [-0.1, -0.05) is 19.8 Å². The molecule has 1 aliphatic rings. The number of rotatable bonds is 5. The molecule has 112 valence electrons. The van der Waals surface area contributed by atoms with Gasteiger partial charge in [-0.05, 0) is 44.7 Å². The van der Waals surface area contributed by atoms with E-state index in [4.69, 9.17) is 10.5 Å². The van der Waals surface area contributed by atoms with Crippen LogP contribution in [0, 0.1) is 5.92 Å². The molecular formula is C17H28N2O. The van der Waals surface area contributed by atoms with Crippen LogP contribution < -0.4 is 15.4 Å². The minimum Gasteiger partial charge on any atom is -0.489 e.